The molecule has 0 spiro atoms. The number of hydrogen-bond acceptors (Lipinski definition) is 3. The van der Waals surface area contributed by atoms with Crippen LogP contribution in [0.3, 0.4) is 0 Å². The van der Waals surface area contributed by atoms with Crippen LogP contribution in [0.1, 0.15) is 18.5 Å². The zero-order valence-corrected chi connectivity index (χ0v) is 7.78. The normalized spacial score (nSPS) is 12.5. The van der Waals surface area contributed by atoms with E-state index >= 15 is 0 Å². The molecule has 0 heterocycles. The minimum Gasteiger partial charge on any atom is -0.324 e. The molecular formula is C8H9ClN2O2. The first-order valence-corrected chi connectivity index (χ1v) is 4.09. The van der Waals surface area contributed by atoms with Gasteiger partial charge in [0.1, 0.15) is 0 Å². The maximum absolute atomic E-state index is 10.5. The van der Waals surface area contributed by atoms with Gasteiger partial charge in [-0.2, -0.15) is 0 Å². The van der Waals surface area contributed by atoms with Crippen molar-refractivity contribution in [3.8, 4) is 0 Å². The minimum absolute atomic E-state index is 0.0133. The molecule has 5 heteroatoms. The van der Waals surface area contributed by atoms with Gasteiger partial charge in [-0.05, 0) is 19.1 Å². The molecule has 0 radical (unpaired) electrons. The molecule has 0 aliphatic rings. The fraction of sp³-hybridized carbons (Fsp3) is 0.250. The van der Waals surface area contributed by atoms with Crippen molar-refractivity contribution in [2.24, 2.45) is 5.73 Å². The third-order valence-corrected chi connectivity index (χ3v) is 1.91. The summed E-state index contributed by atoms with van der Waals surface area (Å²) in [6.45, 7) is 1.68. The second-order valence-electron chi connectivity index (χ2n) is 2.75. The largest absolute Gasteiger partial charge is 0.324 e. The standard InChI is InChI=1S/C8H9ClN2O2/c1-5(10)7-4-6(9)2-3-8(7)11(12)13/h2-5H,10H2,1H3/t5-/m0/s1. The Bertz CT molecular complexity index is 339. The molecule has 0 aliphatic heterocycles. The fourth-order valence-electron chi connectivity index (χ4n) is 1.06. The zero-order chi connectivity index (χ0) is 10.0. The Kier molecular flexibility index (Phi) is 2.85. The van der Waals surface area contributed by atoms with E-state index in [9.17, 15) is 10.1 Å². The quantitative estimate of drug-likeness (QED) is 0.588. The summed E-state index contributed by atoms with van der Waals surface area (Å²) in [7, 11) is 0. The Morgan fingerprint density at radius 1 is 1.62 bits per heavy atom. The lowest BCUT2D eigenvalue weighted by Crippen LogP contribution is -2.07. The molecule has 1 atom stereocenters. The lowest BCUT2D eigenvalue weighted by molar-refractivity contribution is -0.385. The van der Waals surface area contributed by atoms with Crippen LogP contribution >= 0.6 is 11.6 Å². The Morgan fingerprint density at radius 3 is 2.69 bits per heavy atom. The number of hydrogen-bond donors (Lipinski definition) is 1. The highest BCUT2D eigenvalue weighted by molar-refractivity contribution is 6.30. The molecule has 13 heavy (non-hydrogen) atoms. The molecule has 0 unspecified atom stereocenters. The first kappa shape index (κ1) is 9.95. The molecule has 1 aromatic carbocycles. The van der Waals surface area contributed by atoms with E-state index in [2.05, 4.69) is 0 Å². The van der Waals surface area contributed by atoms with Crippen molar-refractivity contribution in [3.05, 3.63) is 38.9 Å². The molecular weight excluding hydrogens is 192 g/mol. The summed E-state index contributed by atoms with van der Waals surface area (Å²) >= 11 is 5.69. The average molecular weight is 201 g/mol. The maximum Gasteiger partial charge on any atom is 0.274 e. The highest BCUT2D eigenvalue weighted by Crippen LogP contribution is 2.26. The van der Waals surface area contributed by atoms with Crippen molar-refractivity contribution in [1.29, 1.82) is 0 Å². The second kappa shape index (κ2) is 3.72. The van der Waals surface area contributed by atoms with Crippen LogP contribution in [0.2, 0.25) is 5.02 Å². The first-order chi connectivity index (χ1) is 6.02. The van der Waals surface area contributed by atoms with Gasteiger partial charge in [0.25, 0.3) is 5.69 Å². The summed E-state index contributed by atoms with van der Waals surface area (Å²) < 4.78 is 0. The predicted molar refractivity (Wildman–Crippen MR) is 50.7 cm³/mol. The number of rotatable bonds is 2. The summed E-state index contributed by atoms with van der Waals surface area (Å²) in [5.74, 6) is 0. The van der Waals surface area contributed by atoms with Crippen molar-refractivity contribution in [3.63, 3.8) is 0 Å². The summed E-state index contributed by atoms with van der Waals surface area (Å²) in [5.41, 5.74) is 6.03. The highest BCUT2D eigenvalue weighted by Gasteiger charge is 2.16. The van der Waals surface area contributed by atoms with Crippen LogP contribution < -0.4 is 5.73 Å². The molecule has 2 N–H and O–H groups in total. The van der Waals surface area contributed by atoms with Crippen LogP contribution in [0, 0.1) is 10.1 Å². The van der Waals surface area contributed by atoms with Gasteiger partial charge in [0, 0.05) is 22.7 Å². The van der Waals surface area contributed by atoms with Crippen molar-refractivity contribution in [2.45, 2.75) is 13.0 Å². The molecule has 0 aliphatic carbocycles. The third kappa shape index (κ3) is 2.17. The maximum atomic E-state index is 10.5. The summed E-state index contributed by atoms with van der Waals surface area (Å²) in [6, 6.07) is 3.97. The second-order valence-corrected chi connectivity index (χ2v) is 3.19. The van der Waals surface area contributed by atoms with Crippen molar-refractivity contribution >= 4 is 17.3 Å². The SMILES string of the molecule is C[C@H](N)c1cc(Cl)ccc1[N+](=O)[O-]. The van der Waals surface area contributed by atoms with E-state index in [4.69, 9.17) is 17.3 Å². The van der Waals surface area contributed by atoms with Gasteiger partial charge in [-0.1, -0.05) is 11.6 Å². The van der Waals surface area contributed by atoms with Gasteiger partial charge in [0.2, 0.25) is 0 Å². The minimum atomic E-state index is -0.463. The van der Waals surface area contributed by atoms with Gasteiger partial charge in [-0.15, -0.1) is 0 Å². The molecule has 0 aromatic heterocycles. The number of nitrogens with two attached hydrogens (primary N) is 1. The van der Waals surface area contributed by atoms with Crippen molar-refractivity contribution < 1.29 is 4.92 Å². The van der Waals surface area contributed by atoms with Gasteiger partial charge in [-0.25, -0.2) is 0 Å². The fourth-order valence-corrected chi connectivity index (χ4v) is 1.24. The van der Waals surface area contributed by atoms with Crippen molar-refractivity contribution in [2.75, 3.05) is 0 Å². The van der Waals surface area contributed by atoms with E-state index < -0.39 is 4.92 Å². The molecule has 0 amide bonds. The van der Waals surface area contributed by atoms with Gasteiger partial charge in [0.15, 0.2) is 0 Å². The lowest BCUT2D eigenvalue weighted by atomic mass is 10.1. The molecule has 0 bridgehead atoms. The van der Waals surface area contributed by atoms with E-state index in [-0.39, 0.29) is 11.7 Å². The average Bonchev–Trinajstić information content (AvgIpc) is 2.03. The van der Waals surface area contributed by atoms with Gasteiger partial charge < -0.3 is 5.73 Å². The zero-order valence-electron chi connectivity index (χ0n) is 7.03. The van der Waals surface area contributed by atoms with Crippen LogP contribution in [0.5, 0.6) is 0 Å². The molecule has 1 aromatic rings. The summed E-state index contributed by atoms with van der Waals surface area (Å²) in [5, 5.41) is 11.0. The Morgan fingerprint density at radius 2 is 2.23 bits per heavy atom. The Balaban J connectivity index is 3.26. The van der Waals surface area contributed by atoms with Crippen LogP contribution in [0.4, 0.5) is 5.69 Å². The molecule has 0 saturated heterocycles. The number of nitro benzene ring substituents is 1. The van der Waals surface area contributed by atoms with Crippen LogP contribution in [0.15, 0.2) is 18.2 Å². The number of benzene rings is 1. The number of nitro groups is 1. The lowest BCUT2D eigenvalue weighted by Gasteiger charge is -2.06. The molecule has 0 fully saturated rings. The topological polar surface area (TPSA) is 69.2 Å². The Labute approximate surface area is 80.5 Å². The summed E-state index contributed by atoms with van der Waals surface area (Å²) in [6.07, 6.45) is 0. The summed E-state index contributed by atoms with van der Waals surface area (Å²) in [4.78, 5) is 10.1. The van der Waals surface area contributed by atoms with E-state index in [0.29, 0.717) is 10.6 Å². The van der Waals surface area contributed by atoms with Crippen molar-refractivity contribution in [1.82, 2.24) is 0 Å². The van der Waals surface area contributed by atoms with Gasteiger partial charge in [-0.3, -0.25) is 10.1 Å². The molecule has 4 nitrogen and oxygen atoms in total. The smallest absolute Gasteiger partial charge is 0.274 e. The van der Waals surface area contributed by atoms with Crippen LogP contribution in [0.25, 0.3) is 0 Å². The predicted octanol–water partition coefficient (Wildman–Crippen LogP) is 2.27. The van der Waals surface area contributed by atoms with E-state index in [0.717, 1.165) is 0 Å². The third-order valence-electron chi connectivity index (χ3n) is 1.68. The van der Waals surface area contributed by atoms with E-state index in [1.54, 1.807) is 6.92 Å². The van der Waals surface area contributed by atoms with Gasteiger partial charge in [0.05, 0.1) is 4.92 Å². The number of nitrogens with zero attached hydrogens (tertiary/aromatic N) is 1. The van der Waals surface area contributed by atoms with Gasteiger partial charge >= 0.3 is 0 Å². The van der Waals surface area contributed by atoms with Crippen LogP contribution in [-0.2, 0) is 0 Å². The van der Waals surface area contributed by atoms with E-state index in [1.807, 2.05) is 0 Å². The van der Waals surface area contributed by atoms with Crippen LogP contribution in [-0.4, -0.2) is 4.92 Å². The monoisotopic (exact) mass is 200 g/mol. The molecule has 70 valence electrons. The van der Waals surface area contributed by atoms with E-state index in [1.165, 1.54) is 18.2 Å². The molecule has 1 rings (SSSR count). The number of halogens is 1. The highest BCUT2D eigenvalue weighted by atomic mass is 35.5. The molecule has 0 saturated carbocycles. The Hall–Kier alpha value is -1.13. The first-order valence-electron chi connectivity index (χ1n) is 3.72.